The summed E-state index contributed by atoms with van der Waals surface area (Å²) < 4.78 is 25.3. The van der Waals surface area contributed by atoms with Crippen LogP contribution in [0.2, 0.25) is 0 Å². The minimum Gasteiger partial charge on any atom is -0.326 e. The van der Waals surface area contributed by atoms with Gasteiger partial charge in [-0.2, -0.15) is 0 Å². The summed E-state index contributed by atoms with van der Waals surface area (Å²) in [6.07, 6.45) is 2.40. The highest BCUT2D eigenvalue weighted by Gasteiger charge is 2.31. The summed E-state index contributed by atoms with van der Waals surface area (Å²) in [6.45, 7) is 0. The third-order valence-corrected chi connectivity index (χ3v) is 5.07. The highest BCUT2D eigenvalue weighted by molar-refractivity contribution is 9.10. The van der Waals surface area contributed by atoms with Gasteiger partial charge in [0.2, 0.25) is 0 Å². The van der Waals surface area contributed by atoms with Crippen molar-refractivity contribution in [3.63, 3.8) is 0 Å². The molecule has 0 saturated carbocycles. The van der Waals surface area contributed by atoms with Crippen molar-refractivity contribution in [2.75, 3.05) is 11.5 Å². The lowest BCUT2D eigenvalue weighted by atomic mass is 10.1. The van der Waals surface area contributed by atoms with E-state index >= 15 is 0 Å². The van der Waals surface area contributed by atoms with Gasteiger partial charge in [-0.05, 0) is 22.4 Å². The molecule has 1 aliphatic rings. The van der Waals surface area contributed by atoms with Crippen molar-refractivity contribution in [1.82, 2.24) is 9.55 Å². The van der Waals surface area contributed by atoms with Crippen LogP contribution in [0, 0.1) is 0 Å². The molecule has 2 rings (SSSR count). The minimum atomic E-state index is -2.82. The predicted molar refractivity (Wildman–Crippen MR) is 56.9 cm³/mol. The first-order valence-electron chi connectivity index (χ1n) is 4.37. The van der Waals surface area contributed by atoms with Crippen LogP contribution in [0.1, 0.15) is 18.2 Å². The van der Waals surface area contributed by atoms with Crippen molar-refractivity contribution in [3.05, 3.63) is 16.6 Å². The van der Waals surface area contributed by atoms with E-state index in [4.69, 9.17) is 0 Å². The first-order chi connectivity index (χ1) is 6.49. The number of sulfone groups is 1. The third kappa shape index (κ3) is 1.72. The number of hydrogen-bond donors (Lipinski definition) is 0. The smallest absolute Gasteiger partial charge is 0.151 e. The average molecular weight is 279 g/mol. The molecule has 0 aromatic carbocycles. The molecule has 1 unspecified atom stereocenters. The van der Waals surface area contributed by atoms with Crippen LogP contribution in [-0.2, 0) is 16.9 Å². The summed E-state index contributed by atoms with van der Waals surface area (Å²) in [6, 6.07) is 0. The van der Waals surface area contributed by atoms with E-state index in [9.17, 15) is 8.42 Å². The highest BCUT2D eigenvalue weighted by atomic mass is 79.9. The second-order valence-corrected chi connectivity index (χ2v) is 6.64. The van der Waals surface area contributed by atoms with Crippen LogP contribution < -0.4 is 0 Å². The average Bonchev–Trinajstić information content (AvgIpc) is 2.59. The summed E-state index contributed by atoms with van der Waals surface area (Å²) in [4.78, 5) is 4.21. The Morgan fingerprint density at radius 2 is 2.36 bits per heavy atom. The number of rotatable bonds is 1. The van der Waals surface area contributed by atoms with Gasteiger partial charge < -0.3 is 4.57 Å². The maximum absolute atomic E-state index is 11.3. The van der Waals surface area contributed by atoms with E-state index in [2.05, 4.69) is 20.9 Å². The molecular weight excluding hydrogens is 268 g/mol. The molecule has 0 radical (unpaired) electrons. The Balaban J connectivity index is 2.30. The van der Waals surface area contributed by atoms with E-state index in [1.165, 1.54) is 0 Å². The van der Waals surface area contributed by atoms with E-state index in [-0.39, 0.29) is 11.7 Å². The summed E-state index contributed by atoms with van der Waals surface area (Å²) >= 11 is 3.34. The maximum Gasteiger partial charge on any atom is 0.151 e. The van der Waals surface area contributed by atoms with Gasteiger partial charge in [0.05, 0.1) is 17.7 Å². The molecule has 6 heteroatoms. The van der Waals surface area contributed by atoms with Gasteiger partial charge in [0.15, 0.2) is 9.84 Å². The SMILES string of the molecule is Cn1c(Br)cnc1C1CCS(=O)(=O)C1. The Morgan fingerprint density at radius 1 is 1.64 bits per heavy atom. The molecule has 1 aromatic rings. The van der Waals surface area contributed by atoms with Crippen molar-refractivity contribution in [1.29, 1.82) is 0 Å². The van der Waals surface area contributed by atoms with Crippen LogP contribution in [0.5, 0.6) is 0 Å². The molecule has 1 aliphatic heterocycles. The van der Waals surface area contributed by atoms with Crippen LogP contribution in [0.25, 0.3) is 0 Å². The molecule has 0 spiro atoms. The van der Waals surface area contributed by atoms with Crippen LogP contribution in [0.3, 0.4) is 0 Å². The second kappa shape index (κ2) is 3.34. The molecule has 0 aliphatic carbocycles. The van der Waals surface area contributed by atoms with Gasteiger partial charge in [-0.25, -0.2) is 13.4 Å². The molecule has 1 fully saturated rings. The molecule has 78 valence electrons. The Morgan fingerprint density at radius 3 is 2.79 bits per heavy atom. The fourth-order valence-electron chi connectivity index (χ4n) is 1.78. The van der Waals surface area contributed by atoms with Gasteiger partial charge >= 0.3 is 0 Å². The Bertz CT molecular complexity index is 452. The van der Waals surface area contributed by atoms with E-state index in [0.29, 0.717) is 12.2 Å². The first-order valence-corrected chi connectivity index (χ1v) is 6.98. The van der Waals surface area contributed by atoms with Crippen LogP contribution in [-0.4, -0.2) is 29.5 Å². The van der Waals surface area contributed by atoms with E-state index in [0.717, 1.165) is 10.4 Å². The fraction of sp³-hybridized carbons (Fsp3) is 0.625. The van der Waals surface area contributed by atoms with Crippen LogP contribution >= 0.6 is 15.9 Å². The summed E-state index contributed by atoms with van der Waals surface area (Å²) in [5.41, 5.74) is 0. The molecule has 4 nitrogen and oxygen atoms in total. The number of hydrogen-bond acceptors (Lipinski definition) is 3. The summed E-state index contributed by atoms with van der Waals surface area (Å²) in [7, 11) is -0.933. The van der Waals surface area contributed by atoms with Crippen LogP contribution in [0.15, 0.2) is 10.8 Å². The Labute approximate surface area is 91.4 Å². The number of halogens is 1. The third-order valence-electron chi connectivity index (χ3n) is 2.57. The zero-order valence-electron chi connectivity index (χ0n) is 7.77. The standard InChI is InChI=1S/C8H11BrN2O2S/c1-11-7(9)4-10-8(11)6-2-3-14(12,13)5-6/h4,6H,2-3,5H2,1H3. The fourth-order valence-corrected chi connectivity index (χ4v) is 3.80. The van der Waals surface area contributed by atoms with Crippen molar-refractivity contribution < 1.29 is 8.42 Å². The monoisotopic (exact) mass is 278 g/mol. The summed E-state index contributed by atoms with van der Waals surface area (Å²) in [5, 5.41) is 0. The predicted octanol–water partition coefficient (Wildman–Crippen LogP) is 1.08. The van der Waals surface area contributed by atoms with Gasteiger partial charge in [-0.3, -0.25) is 0 Å². The van der Waals surface area contributed by atoms with Crippen molar-refractivity contribution in [2.24, 2.45) is 7.05 Å². The number of aromatic nitrogens is 2. The molecule has 1 atom stereocenters. The first kappa shape index (κ1) is 10.2. The molecule has 2 heterocycles. The Hall–Kier alpha value is -0.360. The zero-order valence-corrected chi connectivity index (χ0v) is 10.2. The highest BCUT2D eigenvalue weighted by Crippen LogP contribution is 2.28. The number of imidazole rings is 1. The van der Waals surface area contributed by atoms with E-state index in [1.807, 2.05) is 11.6 Å². The minimum absolute atomic E-state index is 0.0660. The maximum atomic E-state index is 11.3. The quantitative estimate of drug-likeness (QED) is 0.773. The molecule has 0 bridgehead atoms. The molecular formula is C8H11BrN2O2S. The zero-order chi connectivity index (χ0) is 10.3. The molecule has 1 aromatic heterocycles. The Kier molecular flexibility index (Phi) is 2.43. The molecule has 1 saturated heterocycles. The van der Waals surface area contributed by atoms with Gasteiger partial charge in [0.25, 0.3) is 0 Å². The normalized spacial score (nSPS) is 25.4. The molecule has 0 amide bonds. The van der Waals surface area contributed by atoms with Gasteiger partial charge in [-0.15, -0.1) is 0 Å². The van der Waals surface area contributed by atoms with Crippen molar-refractivity contribution in [3.8, 4) is 0 Å². The van der Waals surface area contributed by atoms with Crippen molar-refractivity contribution in [2.45, 2.75) is 12.3 Å². The van der Waals surface area contributed by atoms with Crippen molar-refractivity contribution >= 4 is 25.8 Å². The van der Waals surface area contributed by atoms with Gasteiger partial charge in [0, 0.05) is 13.0 Å². The second-order valence-electron chi connectivity index (χ2n) is 3.60. The summed E-state index contributed by atoms with van der Waals surface area (Å²) in [5.74, 6) is 1.46. The lowest BCUT2D eigenvalue weighted by molar-refractivity contribution is 0.600. The van der Waals surface area contributed by atoms with E-state index < -0.39 is 9.84 Å². The van der Waals surface area contributed by atoms with Gasteiger partial charge in [-0.1, -0.05) is 0 Å². The number of nitrogens with zero attached hydrogens (tertiary/aromatic N) is 2. The van der Waals surface area contributed by atoms with Gasteiger partial charge in [0.1, 0.15) is 10.4 Å². The largest absolute Gasteiger partial charge is 0.326 e. The lowest BCUT2D eigenvalue weighted by Gasteiger charge is -2.07. The van der Waals surface area contributed by atoms with E-state index in [1.54, 1.807) is 6.20 Å². The lowest BCUT2D eigenvalue weighted by Crippen LogP contribution is -2.08. The molecule has 14 heavy (non-hydrogen) atoms. The topological polar surface area (TPSA) is 52.0 Å². The van der Waals surface area contributed by atoms with Crippen LogP contribution in [0.4, 0.5) is 0 Å². The molecule has 0 N–H and O–H groups in total.